The Morgan fingerprint density at radius 2 is 2.05 bits per heavy atom. The van der Waals surface area contributed by atoms with Gasteiger partial charge in [-0.15, -0.1) is 11.8 Å². The van der Waals surface area contributed by atoms with Crippen molar-refractivity contribution in [3.05, 3.63) is 58.5 Å². The van der Waals surface area contributed by atoms with E-state index >= 15 is 0 Å². The Balaban J connectivity index is 1.67. The number of halogens is 1. The fraction of sp³-hybridized carbons (Fsp3) is 0.143. The van der Waals surface area contributed by atoms with E-state index in [4.69, 9.17) is 4.42 Å². The molecule has 5 nitrogen and oxygen atoms in total. The van der Waals surface area contributed by atoms with Crippen molar-refractivity contribution in [2.24, 2.45) is 0 Å². The van der Waals surface area contributed by atoms with Gasteiger partial charge >= 0.3 is 5.91 Å². The molecule has 0 aliphatic rings. The molecule has 7 heteroatoms. The second kappa shape index (κ2) is 7.90. The minimum atomic E-state index is -0.481. The predicted molar refractivity (Wildman–Crippen MR) is 84.6 cm³/mol. The molecule has 0 atom stereocenters. The van der Waals surface area contributed by atoms with E-state index in [-0.39, 0.29) is 17.4 Å². The molecular weight excluding hydrogens is 356 g/mol. The third-order valence-electron chi connectivity index (χ3n) is 2.45. The van der Waals surface area contributed by atoms with Gasteiger partial charge < -0.3 is 4.42 Å². The maximum absolute atomic E-state index is 11.6. The number of carbonyl (C=O) groups is 2. The number of hydrogen-bond acceptors (Lipinski definition) is 4. The molecule has 0 saturated heterocycles. The summed E-state index contributed by atoms with van der Waals surface area (Å²) in [7, 11) is 0. The quantitative estimate of drug-likeness (QED) is 0.796. The molecule has 2 N–H and O–H groups in total. The zero-order chi connectivity index (χ0) is 15.1. The molecule has 0 spiro atoms. The summed E-state index contributed by atoms with van der Waals surface area (Å²) in [5.41, 5.74) is 5.76. The van der Waals surface area contributed by atoms with Gasteiger partial charge in [0.2, 0.25) is 5.91 Å². The van der Waals surface area contributed by atoms with Crippen molar-refractivity contribution in [1.82, 2.24) is 10.9 Å². The van der Waals surface area contributed by atoms with Crippen LogP contribution in [0.5, 0.6) is 0 Å². The minimum absolute atomic E-state index is 0.150. The molecule has 2 aromatic rings. The summed E-state index contributed by atoms with van der Waals surface area (Å²) in [4.78, 5) is 23.1. The number of rotatable bonds is 5. The van der Waals surface area contributed by atoms with Gasteiger partial charge in [0.1, 0.15) is 0 Å². The van der Waals surface area contributed by atoms with Crippen molar-refractivity contribution in [2.75, 3.05) is 5.75 Å². The molecule has 21 heavy (non-hydrogen) atoms. The minimum Gasteiger partial charge on any atom is -0.459 e. The standard InChI is InChI=1S/C14H13BrN2O3S/c15-11-4-1-3-10(7-11)8-21-9-13(18)16-17-14(19)12-5-2-6-20-12/h1-7H,8-9H2,(H,16,18)(H,17,19). The number of hydrogen-bond donors (Lipinski definition) is 2. The van der Waals surface area contributed by atoms with E-state index in [1.807, 2.05) is 24.3 Å². The first-order chi connectivity index (χ1) is 10.1. The van der Waals surface area contributed by atoms with Crippen LogP contribution < -0.4 is 10.9 Å². The van der Waals surface area contributed by atoms with Crippen molar-refractivity contribution in [1.29, 1.82) is 0 Å². The molecule has 0 aliphatic carbocycles. The summed E-state index contributed by atoms with van der Waals surface area (Å²) in [6.07, 6.45) is 1.39. The summed E-state index contributed by atoms with van der Waals surface area (Å²) in [5.74, 6) is 0.376. The van der Waals surface area contributed by atoms with Crippen molar-refractivity contribution in [3.8, 4) is 0 Å². The van der Waals surface area contributed by atoms with E-state index in [1.54, 1.807) is 6.07 Å². The number of hydrazine groups is 1. The average Bonchev–Trinajstić information content (AvgIpc) is 2.99. The summed E-state index contributed by atoms with van der Waals surface area (Å²) < 4.78 is 5.91. The number of furan rings is 1. The summed E-state index contributed by atoms with van der Waals surface area (Å²) >= 11 is 4.86. The maximum Gasteiger partial charge on any atom is 0.305 e. The van der Waals surface area contributed by atoms with Crippen LogP contribution in [0, 0.1) is 0 Å². The Kier molecular flexibility index (Phi) is 5.89. The molecule has 0 radical (unpaired) electrons. The molecule has 1 aromatic heterocycles. The van der Waals surface area contributed by atoms with Gasteiger partial charge in [-0.2, -0.15) is 0 Å². The van der Waals surface area contributed by atoms with Gasteiger partial charge in [0.05, 0.1) is 12.0 Å². The fourth-order valence-corrected chi connectivity index (χ4v) is 2.74. The molecule has 1 aromatic carbocycles. The Morgan fingerprint density at radius 3 is 2.76 bits per heavy atom. The molecule has 2 rings (SSSR count). The lowest BCUT2D eigenvalue weighted by Gasteiger charge is -2.06. The van der Waals surface area contributed by atoms with Crippen molar-refractivity contribution < 1.29 is 14.0 Å². The van der Waals surface area contributed by atoms with Gasteiger partial charge in [-0.25, -0.2) is 0 Å². The lowest BCUT2D eigenvalue weighted by Crippen LogP contribution is -2.42. The lowest BCUT2D eigenvalue weighted by molar-refractivity contribution is -0.119. The summed E-state index contributed by atoms with van der Waals surface area (Å²) in [6.45, 7) is 0. The molecular formula is C14H13BrN2O3S. The number of benzene rings is 1. The van der Waals surface area contributed by atoms with Crippen LogP contribution in [-0.4, -0.2) is 17.6 Å². The maximum atomic E-state index is 11.6. The van der Waals surface area contributed by atoms with E-state index in [0.717, 1.165) is 15.8 Å². The van der Waals surface area contributed by atoms with Crippen LogP contribution in [0.25, 0.3) is 0 Å². The molecule has 1 heterocycles. The Morgan fingerprint density at radius 1 is 1.19 bits per heavy atom. The van der Waals surface area contributed by atoms with Crippen LogP contribution in [0.15, 0.2) is 51.6 Å². The van der Waals surface area contributed by atoms with Crippen molar-refractivity contribution >= 4 is 39.5 Å². The third-order valence-corrected chi connectivity index (χ3v) is 3.95. The first-order valence-corrected chi connectivity index (χ1v) is 8.05. The summed E-state index contributed by atoms with van der Waals surface area (Å²) in [6, 6.07) is 11.0. The monoisotopic (exact) mass is 368 g/mol. The van der Waals surface area contributed by atoms with Crippen molar-refractivity contribution in [2.45, 2.75) is 5.75 Å². The highest BCUT2D eigenvalue weighted by Gasteiger charge is 2.09. The van der Waals surface area contributed by atoms with Gasteiger partial charge in [0, 0.05) is 10.2 Å². The Labute approximate surface area is 134 Å². The van der Waals surface area contributed by atoms with Crippen molar-refractivity contribution in [3.63, 3.8) is 0 Å². The van der Waals surface area contributed by atoms with Crippen LogP contribution in [0.1, 0.15) is 16.1 Å². The van der Waals surface area contributed by atoms with Crippen LogP contribution in [0.2, 0.25) is 0 Å². The number of thioether (sulfide) groups is 1. The van der Waals surface area contributed by atoms with E-state index in [1.165, 1.54) is 24.1 Å². The highest BCUT2D eigenvalue weighted by atomic mass is 79.9. The fourth-order valence-electron chi connectivity index (χ4n) is 1.52. The van der Waals surface area contributed by atoms with E-state index in [2.05, 4.69) is 26.8 Å². The second-order valence-electron chi connectivity index (χ2n) is 4.10. The number of amides is 2. The molecule has 0 fully saturated rings. The zero-order valence-electron chi connectivity index (χ0n) is 11.0. The van der Waals surface area contributed by atoms with Gasteiger partial charge in [0.25, 0.3) is 0 Å². The van der Waals surface area contributed by atoms with Gasteiger partial charge in [-0.1, -0.05) is 28.1 Å². The number of carbonyl (C=O) groups excluding carboxylic acids is 2. The largest absolute Gasteiger partial charge is 0.459 e. The number of nitrogens with one attached hydrogen (secondary N) is 2. The van der Waals surface area contributed by atoms with Gasteiger partial charge in [-0.3, -0.25) is 20.4 Å². The predicted octanol–water partition coefficient (Wildman–Crippen LogP) is 2.74. The average molecular weight is 369 g/mol. The van der Waals surface area contributed by atoms with E-state index in [9.17, 15) is 9.59 Å². The second-order valence-corrected chi connectivity index (χ2v) is 6.00. The van der Waals surface area contributed by atoms with Crippen LogP contribution in [0.4, 0.5) is 0 Å². The van der Waals surface area contributed by atoms with E-state index in [0.29, 0.717) is 0 Å². The topological polar surface area (TPSA) is 71.3 Å². The third kappa shape index (κ3) is 5.28. The smallest absolute Gasteiger partial charge is 0.305 e. The highest BCUT2D eigenvalue weighted by molar-refractivity contribution is 9.10. The Hall–Kier alpha value is -1.73. The lowest BCUT2D eigenvalue weighted by atomic mass is 10.2. The molecule has 0 bridgehead atoms. The SMILES string of the molecule is O=C(CSCc1cccc(Br)c1)NNC(=O)c1ccco1. The van der Waals surface area contributed by atoms with E-state index < -0.39 is 5.91 Å². The molecule has 0 aliphatic heterocycles. The molecule has 0 saturated carbocycles. The zero-order valence-corrected chi connectivity index (χ0v) is 13.4. The van der Waals surface area contributed by atoms with Crippen LogP contribution in [-0.2, 0) is 10.5 Å². The van der Waals surface area contributed by atoms with Gasteiger partial charge in [0.15, 0.2) is 5.76 Å². The normalized spacial score (nSPS) is 10.1. The van der Waals surface area contributed by atoms with Crippen LogP contribution >= 0.6 is 27.7 Å². The highest BCUT2D eigenvalue weighted by Crippen LogP contribution is 2.16. The first kappa shape index (κ1) is 15.7. The van der Waals surface area contributed by atoms with Gasteiger partial charge in [-0.05, 0) is 29.8 Å². The van der Waals surface area contributed by atoms with Crippen LogP contribution in [0.3, 0.4) is 0 Å². The Bertz CT molecular complexity index is 616. The summed E-state index contributed by atoms with van der Waals surface area (Å²) in [5, 5.41) is 0. The molecule has 110 valence electrons. The first-order valence-electron chi connectivity index (χ1n) is 6.10. The molecule has 0 unspecified atom stereocenters. The molecule has 2 amide bonds.